The van der Waals surface area contributed by atoms with Gasteiger partial charge in [-0.25, -0.2) is 4.79 Å². The van der Waals surface area contributed by atoms with Gasteiger partial charge in [-0.15, -0.1) is 0 Å². The molecule has 0 aliphatic carbocycles. The fraction of sp³-hybridized carbons (Fsp3) is 0.364. The number of amides is 1. The van der Waals surface area contributed by atoms with Crippen molar-refractivity contribution in [1.82, 2.24) is 4.90 Å². The molecular formula is C11H11N3O7. The molecule has 0 N–H and O–H groups in total. The lowest BCUT2D eigenvalue weighted by molar-refractivity contribution is -0.394. The minimum absolute atomic E-state index is 0.319. The van der Waals surface area contributed by atoms with Crippen LogP contribution in [0.2, 0.25) is 0 Å². The number of carbonyl (C=O) groups excluding carboxylic acids is 1. The molecule has 1 aromatic carbocycles. The molecule has 1 aliphatic rings. The number of nitro groups is 2. The number of nitrogens with zero attached hydrogens (tertiary/aromatic N) is 3. The van der Waals surface area contributed by atoms with E-state index in [1.807, 2.05) is 0 Å². The van der Waals surface area contributed by atoms with E-state index in [1.165, 1.54) is 4.90 Å². The highest BCUT2D eigenvalue weighted by molar-refractivity contribution is 5.73. The molecular weight excluding hydrogens is 286 g/mol. The van der Waals surface area contributed by atoms with Crippen LogP contribution in [0.25, 0.3) is 0 Å². The first-order valence-electron chi connectivity index (χ1n) is 5.96. The molecule has 0 aromatic heterocycles. The molecule has 0 unspecified atom stereocenters. The van der Waals surface area contributed by atoms with Gasteiger partial charge in [-0.1, -0.05) is 0 Å². The summed E-state index contributed by atoms with van der Waals surface area (Å²) in [5.41, 5.74) is -1.08. The Morgan fingerprint density at radius 3 is 2.43 bits per heavy atom. The molecule has 2 rings (SSSR count). The average molecular weight is 297 g/mol. The van der Waals surface area contributed by atoms with Crippen molar-refractivity contribution in [2.45, 2.75) is 0 Å². The topological polar surface area (TPSA) is 125 Å². The largest absolute Gasteiger partial charge is 0.415 e. The van der Waals surface area contributed by atoms with Crippen LogP contribution in [0, 0.1) is 20.2 Å². The molecule has 0 bridgehead atoms. The van der Waals surface area contributed by atoms with Gasteiger partial charge in [0, 0.05) is 19.2 Å². The number of hydrogen-bond donors (Lipinski definition) is 0. The Labute approximate surface area is 118 Å². The summed E-state index contributed by atoms with van der Waals surface area (Å²) in [5.74, 6) is -0.331. The van der Waals surface area contributed by atoms with Gasteiger partial charge in [0.2, 0.25) is 5.75 Å². The molecule has 0 saturated carbocycles. The van der Waals surface area contributed by atoms with Gasteiger partial charge in [0.05, 0.1) is 29.1 Å². The summed E-state index contributed by atoms with van der Waals surface area (Å²) in [6.45, 7) is 1.36. The van der Waals surface area contributed by atoms with Crippen molar-refractivity contribution in [3.05, 3.63) is 38.4 Å². The van der Waals surface area contributed by atoms with Crippen LogP contribution in [-0.2, 0) is 4.74 Å². The van der Waals surface area contributed by atoms with Gasteiger partial charge in [-0.2, -0.15) is 0 Å². The molecule has 21 heavy (non-hydrogen) atoms. The zero-order chi connectivity index (χ0) is 15.4. The summed E-state index contributed by atoms with van der Waals surface area (Å²) >= 11 is 0. The maximum atomic E-state index is 11.9. The third-order valence-electron chi connectivity index (χ3n) is 2.82. The Kier molecular flexibility index (Phi) is 4.28. The van der Waals surface area contributed by atoms with Crippen LogP contribution >= 0.6 is 0 Å². The highest BCUT2D eigenvalue weighted by Crippen LogP contribution is 2.31. The fourth-order valence-electron chi connectivity index (χ4n) is 1.75. The average Bonchev–Trinajstić information content (AvgIpc) is 2.48. The number of non-ortho nitro benzene ring substituents is 1. The normalized spacial score (nSPS) is 14.6. The molecule has 1 aliphatic heterocycles. The molecule has 1 fully saturated rings. The number of morpholine rings is 1. The summed E-state index contributed by atoms with van der Waals surface area (Å²) in [6.07, 6.45) is -0.754. The van der Waals surface area contributed by atoms with E-state index < -0.39 is 27.3 Å². The molecule has 0 radical (unpaired) electrons. The van der Waals surface area contributed by atoms with Crippen LogP contribution in [0.5, 0.6) is 5.75 Å². The van der Waals surface area contributed by atoms with Gasteiger partial charge >= 0.3 is 11.8 Å². The van der Waals surface area contributed by atoms with Crippen LogP contribution in [0.4, 0.5) is 16.2 Å². The number of nitro benzene ring substituents is 2. The smallest absolute Gasteiger partial charge is 0.403 e. The Bertz CT molecular complexity index is 583. The molecule has 1 amide bonds. The van der Waals surface area contributed by atoms with E-state index in [4.69, 9.17) is 9.47 Å². The van der Waals surface area contributed by atoms with E-state index >= 15 is 0 Å². The first-order valence-corrected chi connectivity index (χ1v) is 5.96. The first-order chi connectivity index (χ1) is 9.99. The van der Waals surface area contributed by atoms with E-state index in [0.717, 1.165) is 18.2 Å². The lowest BCUT2D eigenvalue weighted by atomic mass is 10.2. The van der Waals surface area contributed by atoms with Crippen molar-refractivity contribution in [2.24, 2.45) is 0 Å². The van der Waals surface area contributed by atoms with Gasteiger partial charge in [0.25, 0.3) is 5.69 Å². The van der Waals surface area contributed by atoms with Gasteiger partial charge in [-0.3, -0.25) is 20.2 Å². The Hall–Kier alpha value is -2.75. The highest BCUT2D eigenvalue weighted by atomic mass is 16.6. The molecule has 1 aromatic rings. The monoisotopic (exact) mass is 297 g/mol. The second-order valence-electron chi connectivity index (χ2n) is 4.13. The van der Waals surface area contributed by atoms with Crippen LogP contribution in [0.15, 0.2) is 18.2 Å². The van der Waals surface area contributed by atoms with Gasteiger partial charge in [0.1, 0.15) is 0 Å². The van der Waals surface area contributed by atoms with E-state index in [2.05, 4.69) is 0 Å². The number of ether oxygens (including phenoxy) is 2. The van der Waals surface area contributed by atoms with Crippen LogP contribution in [-0.4, -0.2) is 47.1 Å². The first kappa shape index (κ1) is 14.7. The molecule has 1 saturated heterocycles. The lowest BCUT2D eigenvalue weighted by Crippen LogP contribution is -2.42. The van der Waals surface area contributed by atoms with Crippen molar-refractivity contribution in [1.29, 1.82) is 0 Å². The Morgan fingerprint density at radius 1 is 1.19 bits per heavy atom. The van der Waals surface area contributed by atoms with Crippen LogP contribution in [0.1, 0.15) is 0 Å². The molecule has 112 valence electrons. The lowest BCUT2D eigenvalue weighted by Gasteiger charge is -2.25. The molecule has 10 nitrogen and oxygen atoms in total. The van der Waals surface area contributed by atoms with Crippen molar-refractivity contribution >= 4 is 17.5 Å². The minimum atomic E-state index is -0.838. The predicted octanol–water partition coefficient (Wildman–Crippen LogP) is 1.33. The van der Waals surface area contributed by atoms with Crippen molar-refractivity contribution in [3.8, 4) is 5.75 Å². The van der Waals surface area contributed by atoms with E-state index in [-0.39, 0.29) is 5.75 Å². The number of hydrogen-bond acceptors (Lipinski definition) is 7. The van der Waals surface area contributed by atoms with Crippen LogP contribution < -0.4 is 4.74 Å². The standard InChI is InChI=1S/C11H11N3O7/c15-11(12-3-5-20-6-4-12)21-10-2-1-8(13(16)17)7-9(10)14(18)19/h1-2,7H,3-6H2. The fourth-order valence-corrected chi connectivity index (χ4v) is 1.75. The minimum Gasteiger partial charge on any atom is -0.403 e. The van der Waals surface area contributed by atoms with Crippen LogP contribution in [0.3, 0.4) is 0 Å². The third kappa shape index (κ3) is 3.42. The maximum Gasteiger partial charge on any atom is 0.415 e. The zero-order valence-corrected chi connectivity index (χ0v) is 10.8. The summed E-state index contributed by atoms with van der Waals surface area (Å²) in [5, 5.41) is 21.5. The SMILES string of the molecule is O=C(Oc1ccc([N+](=O)[O-])cc1[N+](=O)[O-])N1CCOCC1. The van der Waals surface area contributed by atoms with Gasteiger partial charge in [0.15, 0.2) is 0 Å². The zero-order valence-electron chi connectivity index (χ0n) is 10.8. The number of benzene rings is 1. The van der Waals surface area contributed by atoms with Crippen molar-refractivity contribution < 1.29 is 24.1 Å². The molecule has 10 heteroatoms. The van der Waals surface area contributed by atoms with E-state index in [9.17, 15) is 25.0 Å². The van der Waals surface area contributed by atoms with Crippen molar-refractivity contribution in [2.75, 3.05) is 26.3 Å². The van der Waals surface area contributed by atoms with Gasteiger partial charge < -0.3 is 14.4 Å². The maximum absolute atomic E-state index is 11.9. The quantitative estimate of drug-likeness (QED) is 0.608. The number of carbonyl (C=O) groups is 1. The summed E-state index contributed by atoms with van der Waals surface area (Å²) < 4.78 is 10.0. The summed E-state index contributed by atoms with van der Waals surface area (Å²) in [6, 6.07) is 2.82. The number of rotatable bonds is 3. The molecule has 0 spiro atoms. The summed E-state index contributed by atoms with van der Waals surface area (Å²) in [7, 11) is 0. The summed E-state index contributed by atoms with van der Waals surface area (Å²) in [4.78, 5) is 33.1. The second-order valence-corrected chi connectivity index (χ2v) is 4.13. The van der Waals surface area contributed by atoms with Crippen molar-refractivity contribution in [3.63, 3.8) is 0 Å². The van der Waals surface area contributed by atoms with E-state index in [0.29, 0.717) is 26.3 Å². The van der Waals surface area contributed by atoms with E-state index in [1.54, 1.807) is 0 Å². The highest BCUT2D eigenvalue weighted by Gasteiger charge is 2.25. The second kappa shape index (κ2) is 6.13. The molecule has 1 heterocycles. The van der Waals surface area contributed by atoms with Gasteiger partial charge in [-0.05, 0) is 6.07 Å². The third-order valence-corrected chi connectivity index (χ3v) is 2.82. The Morgan fingerprint density at radius 2 is 1.86 bits per heavy atom. The molecule has 0 atom stereocenters. The predicted molar refractivity (Wildman–Crippen MR) is 68.2 cm³/mol. The Balaban J connectivity index is 2.20.